The van der Waals surface area contributed by atoms with Gasteiger partial charge in [-0.1, -0.05) is 18.1 Å². The normalized spacial score (nSPS) is 18.6. The maximum atomic E-state index is 5.74. The van der Waals surface area contributed by atoms with E-state index in [1.807, 2.05) is 17.9 Å². The lowest BCUT2D eigenvalue weighted by Gasteiger charge is -2.19. The van der Waals surface area contributed by atoms with Gasteiger partial charge in [0.15, 0.2) is 0 Å². The Balaban J connectivity index is 2.26. The molecule has 2 rings (SSSR count). The van der Waals surface area contributed by atoms with Crippen molar-refractivity contribution >= 4 is 0 Å². The lowest BCUT2D eigenvalue weighted by atomic mass is 9.96. The molecule has 1 unspecified atom stereocenters. The number of hydrogen-bond acceptors (Lipinski definition) is 3. The maximum Gasteiger partial charge on any atom is 0.0703 e. The summed E-state index contributed by atoms with van der Waals surface area (Å²) in [5.41, 5.74) is 6.74. The molecule has 1 aromatic heterocycles. The van der Waals surface area contributed by atoms with E-state index in [2.05, 4.69) is 23.5 Å². The van der Waals surface area contributed by atoms with Gasteiger partial charge in [0.1, 0.15) is 0 Å². The topological polar surface area (TPSA) is 55.9 Å². The van der Waals surface area contributed by atoms with Crippen molar-refractivity contribution in [1.82, 2.24) is 15.2 Å². The van der Waals surface area contributed by atoms with Crippen LogP contribution in [0.4, 0.5) is 0 Å². The highest BCUT2D eigenvalue weighted by Crippen LogP contribution is 2.29. The number of rotatable bonds is 3. The Kier molecular flexibility index (Phi) is 3.97. The Morgan fingerprint density at radius 1 is 1.41 bits per heavy atom. The van der Waals surface area contributed by atoms with Crippen molar-refractivity contribution in [2.24, 2.45) is 12.9 Å². The third kappa shape index (κ3) is 2.58. The van der Waals surface area contributed by atoms with Gasteiger partial charge in [0.05, 0.1) is 12.2 Å². The van der Waals surface area contributed by atoms with Gasteiger partial charge in [0.25, 0.3) is 0 Å². The summed E-state index contributed by atoms with van der Waals surface area (Å²) in [4.78, 5) is 0. The molecule has 0 aromatic carbocycles. The quantitative estimate of drug-likeness (QED) is 0.478. The van der Waals surface area contributed by atoms with Crippen LogP contribution in [0.3, 0.4) is 0 Å². The van der Waals surface area contributed by atoms with Crippen molar-refractivity contribution in [2.75, 3.05) is 0 Å². The first-order valence-electron chi connectivity index (χ1n) is 6.37. The molecule has 1 heterocycles. The zero-order valence-electron chi connectivity index (χ0n) is 10.7. The van der Waals surface area contributed by atoms with Gasteiger partial charge in [-0.2, -0.15) is 5.10 Å². The lowest BCUT2D eigenvalue weighted by Crippen LogP contribution is -2.29. The van der Waals surface area contributed by atoms with Crippen LogP contribution in [0, 0.1) is 6.92 Å². The van der Waals surface area contributed by atoms with Gasteiger partial charge in [-0.05, 0) is 32.6 Å². The molecule has 1 aromatic rings. The molecule has 4 heteroatoms. The van der Waals surface area contributed by atoms with Crippen LogP contribution in [0.1, 0.15) is 49.4 Å². The number of allylic oxidation sites excluding steroid dienone is 1. The zero-order chi connectivity index (χ0) is 12.3. The van der Waals surface area contributed by atoms with E-state index < -0.39 is 0 Å². The highest BCUT2D eigenvalue weighted by Gasteiger charge is 2.20. The molecule has 4 nitrogen and oxygen atoms in total. The Morgan fingerprint density at radius 3 is 2.88 bits per heavy atom. The number of aromatic nitrogens is 2. The van der Waals surface area contributed by atoms with Crippen molar-refractivity contribution in [3.63, 3.8) is 0 Å². The van der Waals surface area contributed by atoms with Crippen LogP contribution in [-0.2, 0) is 7.05 Å². The predicted octanol–water partition coefficient (Wildman–Crippen LogP) is 2.12. The molecule has 0 fully saturated rings. The molecular formula is C13H22N4. The molecule has 1 aliphatic rings. The Hall–Kier alpha value is -1.13. The average Bonchev–Trinajstić information content (AvgIpc) is 2.59. The third-order valence-electron chi connectivity index (χ3n) is 3.70. The van der Waals surface area contributed by atoms with E-state index in [-0.39, 0.29) is 6.04 Å². The second kappa shape index (κ2) is 5.47. The van der Waals surface area contributed by atoms with Gasteiger partial charge in [-0.3, -0.25) is 10.5 Å². The zero-order valence-corrected chi connectivity index (χ0v) is 10.7. The van der Waals surface area contributed by atoms with Crippen LogP contribution in [0.25, 0.3) is 0 Å². The molecule has 1 aliphatic carbocycles. The first-order chi connectivity index (χ1) is 8.24. The summed E-state index contributed by atoms with van der Waals surface area (Å²) in [5, 5.41) is 4.30. The second-order valence-electron chi connectivity index (χ2n) is 4.79. The van der Waals surface area contributed by atoms with Crippen LogP contribution in [0.5, 0.6) is 0 Å². The molecule has 0 radical (unpaired) electrons. The van der Waals surface area contributed by atoms with E-state index >= 15 is 0 Å². The molecule has 0 amide bonds. The maximum absolute atomic E-state index is 5.74. The van der Waals surface area contributed by atoms with E-state index in [9.17, 15) is 0 Å². The summed E-state index contributed by atoms with van der Waals surface area (Å²) in [6.07, 6.45) is 10.5. The van der Waals surface area contributed by atoms with Crippen LogP contribution in [0.15, 0.2) is 17.8 Å². The minimum Gasteiger partial charge on any atom is -0.273 e. The fraction of sp³-hybridized carbons (Fsp3) is 0.615. The van der Waals surface area contributed by atoms with E-state index in [4.69, 9.17) is 5.84 Å². The molecule has 1 atom stereocenters. The van der Waals surface area contributed by atoms with Crippen molar-refractivity contribution in [3.8, 4) is 0 Å². The number of nitrogens with one attached hydrogen (secondary N) is 1. The lowest BCUT2D eigenvalue weighted by molar-refractivity contribution is 0.588. The largest absolute Gasteiger partial charge is 0.273 e. The van der Waals surface area contributed by atoms with Crippen molar-refractivity contribution in [1.29, 1.82) is 0 Å². The summed E-state index contributed by atoms with van der Waals surface area (Å²) >= 11 is 0. The van der Waals surface area contributed by atoms with E-state index in [1.54, 1.807) is 0 Å². The summed E-state index contributed by atoms with van der Waals surface area (Å²) in [5.74, 6) is 5.74. The summed E-state index contributed by atoms with van der Waals surface area (Å²) in [6.45, 7) is 2.09. The molecule has 0 saturated heterocycles. The average molecular weight is 234 g/mol. The molecule has 0 aliphatic heterocycles. The highest BCUT2D eigenvalue weighted by atomic mass is 15.3. The number of nitrogens with zero attached hydrogens (tertiary/aromatic N) is 2. The Labute approximate surface area is 103 Å². The van der Waals surface area contributed by atoms with E-state index in [0.717, 1.165) is 6.42 Å². The third-order valence-corrected chi connectivity index (χ3v) is 3.70. The SMILES string of the molecule is Cc1c(C(NN)C2=CCCCCC2)cnn1C. The molecular weight excluding hydrogens is 212 g/mol. The highest BCUT2D eigenvalue weighted by molar-refractivity contribution is 5.29. The van der Waals surface area contributed by atoms with Crippen LogP contribution in [0.2, 0.25) is 0 Å². The number of nitrogens with two attached hydrogens (primary N) is 1. The van der Waals surface area contributed by atoms with E-state index in [1.165, 1.54) is 42.5 Å². The molecule has 94 valence electrons. The fourth-order valence-electron chi connectivity index (χ4n) is 2.50. The molecule has 0 spiro atoms. The van der Waals surface area contributed by atoms with Crippen LogP contribution < -0.4 is 11.3 Å². The minimum absolute atomic E-state index is 0.127. The van der Waals surface area contributed by atoms with Gasteiger partial charge < -0.3 is 0 Å². The summed E-state index contributed by atoms with van der Waals surface area (Å²) < 4.78 is 1.90. The van der Waals surface area contributed by atoms with Gasteiger partial charge in [-0.25, -0.2) is 5.43 Å². The smallest absolute Gasteiger partial charge is 0.0703 e. The predicted molar refractivity (Wildman–Crippen MR) is 69.2 cm³/mol. The molecule has 3 N–H and O–H groups in total. The molecule has 0 bridgehead atoms. The number of hydrogen-bond donors (Lipinski definition) is 2. The van der Waals surface area contributed by atoms with Gasteiger partial charge in [0.2, 0.25) is 0 Å². The number of aryl methyl sites for hydroxylation is 1. The monoisotopic (exact) mass is 234 g/mol. The second-order valence-corrected chi connectivity index (χ2v) is 4.79. The first-order valence-corrected chi connectivity index (χ1v) is 6.37. The van der Waals surface area contributed by atoms with Gasteiger partial charge >= 0.3 is 0 Å². The Morgan fingerprint density at radius 2 is 2.24 bits per heavy atom. The standard InChI is InChI=1S/C13H22N4/c1-10-12(9-15-17(10)2)13(16-14)11-7-5-3-4-6-8-11/h7,9,13,16H,3-6,8,14H2,1-2H3. The van der Waals surface area contributed by atoms with E-state index in [0.29, 0.717) is 0 Å². The minimum atomic E-state index is 0.127. The first kappa shape index (κ1) is 12.3. The van der Waals surface area contributed by atoms with Crippen LogP contribution in [-0.4, -0.2) is 9.78 Å². The van der Waals surface area contributed by atoms with Gasteiger partial charge in [0, 0.05) is 18.3 Å². The van der Waals surface area contributed by atoms with Gasteiger partial charge in [-0.15, -0.1) is 0 Å². The van der Waals surface area contributed by atoms with Crippen molar-refractivity contribution in [3.05, 3.63) is 29.1 Å². The summed E-state index contributed by atoms with van der Waals surface area (Å²) in [6, 6.07) is 0.127. The van der Waals surface area contributed by atoms with Crippen molar-refractivity contribution < 1.29 is 0 Å². The van der Waals surface area contributed by atoms with Crippen molar-refractivity contribution in [2.45, 2.75) is 45.1 Å². The van der Waals surface area contributed by atoms with Crippen LogP contribution >= 0.6 is 0 Å². The summed E-state index contributed by atoms with van der Waals surface area (Å²) in [7, 11) is 1.97. The molecule has 17 heavy (non-hydrogen) atoms. The molecule has 0 saturated carbocycles. The number of hydrazine groups is 1. The fourth-order valence-corrected chi connectivity index (χ4v) is 2.50. The Bertz CT molecular complexity index is 406.